The van der Waals surface area contributed by atoms with Crippen molar-refractivity contribution in [3.8, 4) is 5.75 Å². The Labute approximate surface area is 170 Å². The Bertz CT molecular complexity index is 705. The van der Waals surface area contributed by atoms with E-state index >= 15 is 0 Å². The van der Waals surface area contributed by atoms with Gasteiger partial charge in [-0.3, -0.25) is 0 Å². The number of halogens is 3. The van der Waals surface area contributed by atoms with E-state index < -0.39 is 11.6 Å². The molecule has 0 amide bonds. The van der Waals surface area contributed by atoms with E-state index in [1.54, 1.807) is 7.11 Å². The van der Waals surface area contributed by atoms with Crippen molar-refractivity contribution in [3.63, 3.8) is 0 Å². The fourth-order valence-corrected chi connectivity index (χ4v) is 2.36. The average Bonchev–Trinajstić information content (AvgIpc) is 2.59. The van der Waals surface area contributed by atoms with Gasteiger partial charge in [0.25, 0.3) is 0 Å². The summed E-state index contributed by atoms with van der Waals surface area (Å²) in [6.07, 6.45) is 0.498. The number of hydrogen-bond donors (Lipinski definition) is 2. The van der Waals surface area contributed by atoms with Gasteiger partial charge >= 0.3 is 0 Å². The molecule has 2 aromatic carbocycles. The highest BCUT2D eigenvalue weighted by Gasteiger charge is 2.02. The minimum atomic E-state index is -0.561. The van der Waals surface area contributed by atoms with Crippen LogP contribution in [0, 0.1) is 11.6 Å². The molecule has 0 atom stereocenters. The molecule has 2 aromatic rings. The fourth-order valence-electron chi connectivity index (χ4n) is 2.36. The number of methoxy groups -OCH3 is 1. The zero-order chi connectivity index (χ0) is 18.1. The van der Waals surface area contributed by atoms with Crippen molar-refractivity contribution >= 4 is 29.9 Å². The highest BCUT2D eigenvalue weighted by molar-refractivity contribution is 14.0. The minimum absolute atomic E-state index is 0. The molecule has 2 rings (SSSR count). The molecule has 0 fully saturated rings. The second kappa shape index (κ2) is 11.7. The SMILES string of the molecule is CCNC(=NCc1cccc(OC)c1)NCCc1cc(F)cc(F)c1.I. The molecule has 2 N–H and O–H groups in total. The Balaban J connectivity index is 0.00000338. The first-order chi connectivity index (χ1) is 12.1. The molecule has 0 saturated carbocycles. The number of hydrogen-bond acceptors (Lipinski definition) is 2. The van der Waals surface area contributed by atoms with Crippen LogP contribution < -0.4 is 15.4 Å². The number of ether oxygens (including phenoxy) is 1. The van der Waals surface area contributed by atoms with Crippen LogP contribution in [0.1, 0.15) is 18.1 Å². The van der Waals surface area contributed by atoms with E-state index in [4.69, 9.17) is 4.74 Å². The maximum atomic E-state index is 13.2. The van der Waals surface area contributed by atoms with Crippen LogP contribution in [-0.2, 0) is 13.0 Å². The zero-order valence-electron chi connectivity index (χ0n) is 14.9. The van der Waals surface area contributed by atoms with E-state index in [0.717, 1.165) is 23.9 Å². The van der Waals surface area contributed by atoms with E-state index in [9.17, 15) is 8.78 Å². The van der Waals surface area contributed by atoms with Crippen LogP contribution in [0.3, 0.4) is 0 Å². The lowest BCUT2D eigenvalue weighted by Crippen LogP contribution is -2.38. The van der Waals surface area contributed by atoms with Gasteiger partial charge in [-0.05, 0) is 48.7 Å². The van der Waals surface area contributed by atoms with Crippen LogP contribution in [0.25, 0.3) is 0 Å². The van der Waals surface area contributed by atoms with Gasteiger partial charge in [-0.1, -0.05) is 12.1 Å². The van der Waals surface area contributed by atoms with Crippen LogP contribution in [-0.4, -0.2) is 26.2 Å². The number of rotatable bonds is 7. The Morgan fingerprint density at radius 3 is 2.42 bits per heavy atom. The predicted octanol–water partition coefficient (Wildman–Crippen LogP) is 3.89. The summed E-state index contributed by atoms with van der Waals surface area (Å²) in [5.41, 5.74) is 1.64. The van der Waals surface area contributed by atoms with Crippen LogP contribution in [0.4, 0.5) is 8.78 Å². The molecule has 0 unspecified atom stereocenters. The lowest BCUT2D eigenvalue weighted by Gasteiger charge is -2.11. The van der Waals surface area contributed by atoms with E-state index in [-0.39, 0.29) is 24.0 Å². The smallest absolute Gasteiger partial charge is 0.191 e. The van der Waals surface area contributed by atoms with Gasteiger partial charge in [-0.15, -0.1) is 24.0 Å². The molecule has 0 aliphatic carbocycles. The third kappa shape index (κ3) is 7.55. The molecule has 0 aromatic heterocycles. The van der Waals surface area contributed by atoms with Gasteiger partial charge in [0.15, 0.2) is 5.96 Å². The molecule has 0 heterocycles. The number of benzene rings is 2. The molecular weight excluding hydrogens is 451 g/mol. The summed E-state index contributed by atoms with van der Waals surface area (Å²) in [6.45, 7) is 3.72. The fraction of sp³-hybridized carbons (Fsp3) is 0.316. The summed E-state index contributed by atoms with van der Waals surface area (Å²) in [5, 5.41) is 6.32. The van der Waals surface area contributed by atoms with Crippen LogP contribution >= 0.6 is 24.0 Å². The van der Waals surface area contributed by atoms with Gasteiger partial charge in [0.1, 0.15) is 17.4 Å². The maximum absolute atomic E-state index is 13.2. The van der Waals surface area contributed by atoms with Crippen molar-refractivity contribution in [2.75, 3.05) is 20.2 Å². The Kier molecular flexibility index (Phi) is 9.93. The molecule has 7 heteroatoms. The second-order valence-corrected chi connectivity index (χ2v) is 5.50. The van der Waals surface area contributed by atoms with Crippen LogP contribution in [0.2, 0.25) is 0 Å². The van der Waals surface area contributed by atoms with E-state index in [0.29, 0.717) is 31.0 Å². The summed E-state index contributed by atoms with van der Waals surface area (Å²) in [7, 11) is 1.63. The van der Waals surface area contributed by atoms with E-state index in [1.165, 1.54) is 12.1 Å². The summed E-state index contributed by atoms with van der Waals surface area (Å²) in [6, 6.07) is 11.3. The standard InChI is InChI=1S/C19H23F2N3O.HI/c1-3-22-19(24-13-15-5-4-6-18(11-15)25-2)23-8-7-14-9-16(20)12-17(21)10-14;/h4-6,9-12H,3,7-8,13H2,1-2H3,(H2,22,23,24);1H. The van der Waals surface area contributed by atoms with Gasteiger partial charge in [0, 0.05) is 19.2 Å². The third-order valence-electron chi connectivity index (χ3n) is 3.53. The van der Waals surface area contributed by atoms with Crippen molar-refractivity contribution in [2.24, 2.45) is 4.99 Å². The lowest BCUT2D eigenvalue weighted by atomic mass is 10.1. The first-order valence-corrected chi connectivity index (χ1v) is 8.20. The summed E-state index contributed by atoms with van der Waals surface area (Å²) in [4.78, 5) is 4.52. The number of guanidine groups is 1. The van der Waals surface area contributed by atoms with Gasteiger partial charge in [0.2, 0.25) is 0 Å². The number of nitrogens with zero attached hydrogens (tertiary/aromatic N) is 1. The molecule has 26 heavy (non-hydrogen) atoms. The van der Waals surface area contributed by atoms with E-state index in [2.05, 4.69) is 15.6 Å². The lowest BCUT2D eigenvalue weighted by molar-refractivity contribution is 0.414. The van der Waals surface area contributed by atoms with Crippen LogP contribution in [0.5, 0.6) is 5.75 Å². The topological polar surface area (TPSA) is 45.7 Å². The second-order valence-electron chi connectivity index (χ2n) is 5.50. The Morgan fingerprint density at radius 2 is 1.77 bits per heavy atom. The summed E-state index contributed by atoms with van der Waals surface area (Å²) >= 11 is 0. The zero-order valence-corrected chi connectivity index (χ0v) is 17.2. The van der Waals surface area contributed by atoms with Crippen molar-refractivity contribution in [1.29, 1.82) is 0 Å². The van der Waals surface area contributed by atoms with Crippen molar-refractivity contribution in [2.45, 2.75) is 19.9 Å². The van der Waals surface area contributed by atoms with Crippen molar-refractivity contribution in [3.05, 3.63) is 65.2 Å². The first-order valence-electron chi connectivity index (χ1n) is 8.20. The summed E-state index contributed by atoms with van der Waals surface area (Å²) < 4.78 is 31.6. The average molecular weight is 475 g/mol. The molecule has 0 saturated heterocycles. The normalized spacial score (nSPS) is 10.8. The molecule has 142 valence electrons. The molecule has 0 bridgehead atoms. The molecular formula is C19H24F2IN3O. The largest absolute Gasteiger partial charge is 0.497 e. The molecule has 0 aliphatic heterocycles. The highest BCUT2D eigenvalue weighted by atomic mass is 127. The van der Waals surface area contributed by atoms with Crippen molar-refractivity contribution < 1.29 is 13.5 Å². The quantitative estimate of drug-likeness (QED) is 0.363. The van der Waals surface area contributed by atoms with E-state index in [1.807, 2.05) is 31.2 Å². The number of aliphatic imine (C=N–C) groups is 1. The molecule has 0 spiro atoms. The van der Waals surface area contributed by atoms with Gasteiger partial charge < -0.3 is 15.4 Å². The van der Waals surface area contributed by atoms with Gasteiger partial charge in [-0.25, -0.2) is 13.8 Å². The molecule has 0 radical (unpaired) electrons. The Hall–Kier alpha value is -1.90. The highest BCUT2D eigenvalue weighted by Crippen LogP contribution is 2.13. The Morgan fingerprint density at radius 1 is 1.04 bits per heavy atom. The number of nitrogens with one attached hydrogen (secondary N) is 2. The third-order valence-corrected chi connectivity index (χ3v) is 3.53. The molecule has 4 nitrogen and oxygen atoms in total. The predicted molar refractivity (Wildman–Crippen MR) is 111 cm³/mol. The first kappa shape index (κ1) is 22.1. The van der Waals surface area contributed by atoms with Crippen molar-refractivity contribution in [1.82, 2.24) is 10.6 Å². The van der Waals surface area contributed by atoms with Crippen LogP contribution in [0.15, 0.2) is 47.5 Å². The molecule has 0 aliphatic rings. The monoisotopic (exact) mass is 475 g/mol. The van der Waals surface area contributed by atoms with Gasteiger partial charge in [-0.2, -0.15) is 0 Å². The maximum Gasteiger partial charge on any atom is 0.191 e. The summed E-state index contributed by atoms with van der Waals surface area (Å²) in [5.74, 6) is 0.322. The minimum Gasteiger partial charge on any atom is -0.497 e. The van der Waals surface area contributed by atoms with Gasteiger partial charge in [0.05, 0.1) is 13.7 Å².